The highest BCUT2D eigenvalue weighted by molar-refractivity contribution is 5.75. The van der Waals surface area contributed by atoms with Crippen molar-refractivity contribution in [1.82, 2.24) is 9.97 Å². The van der Waals surface area contributed by atoms with Gasteiger partial charge in [-0.2, -0.15) is 0 Å². The summed E-state index contributed by atoms with van der Waals surface area (Å²) in [7, 11) is 0. The maximum Gasteiger partial charge on any atom is 0.107 e. The van der Waals surface area contributed by atoms with Gasteiger partial charge >= 0.3 is 0 Å². The van der Waals surface area contributed by atoms with Crippen molar-refractivity contribution in [3.8, 4) is 0 Å². The van der Waals surface area contributed by atoms with Crippen LogP contribution >= 0.6 is 0 Å². The summed E-state index contributed by atoms with van der Waals surface area (Å²) in [5.41, 5.74) is 9.03. The molecule has 0 aliphatic heterocycles. The van der Waals surface area contributed by atoms with Gasteiger partial charge < -0.3 is 10.7 Å². The van der Waals surface area contributed by atoms with Gasteiger partial charge in [-0.25, -0.2) is 4.98 Å². The Labute approximate surface area is 102 Å². The van der Waals surface area contributed by atoms with Gasteiger partial charge in [-0.3, -0.25) is 0 Å². The monoisotopic (exact) mass is 231 g/mol. The molecule has 3 N–H and O–H groups in total. The quantitative estimate of drug-likeness (QED) is 0.831. The molecular weight excluding hydrogens is 210 g/mol. The van der Waals surface area contributed by atoms with Crippen LogP contribution in [0.15, 0.2) is 18.2 Å². The number of rotatable bonds is 5. The van der Waals surface area contributed by atoms with Gasteiger partial charge in [0.05, 0.1) is 11.0 Å². The van der Waals surface area contributed by atoms with Crippen LogP contribution in [0.4, 0.5) is 0 Å². The minimum absolute atomic E-state index is 0.676. The third-order valence-corrected chi connectivity index (χ3v) is 3.22. The molecule has 1 unspecified atom stereocenters. The minimum Gasteiger partial charge on any atom is -0.342 e. The van der Waals surface area contributed by atoms with E-state index in [1.54, 1.807) is 0 Å². The summed E-state index contributed by atoms with van der Waals surface area (Å²) in [4.78, 5) is 7.99. The van der Waals surface area contributed by atoms with E-state index in [4.69, 9.17) is 5.73 Å². The molecular formula is C14H21N3. The van der Waals surface area contributed by atoms with Crippen molar-refractivity contribution < 1.29 is 0 Å². The lowest BCUT2D eigenvalue weighted by Gasteiger charge is -2.07. The molecule has 1 heterocycles. The number of aryl methyl sites for hydroxylation is 2. The molecule has 0 spiro atoms. The van der Waals surface area contributed by atoms with E-state index >= 15 is 0 Å². The third-order valence-electron chi connectivity index (χ3n) is 3.22. The molecule has 0 saturated heterocycles. The largest absolute Gasteiger partial charge is 0.342 e. The number of nitrogens with one attached hydrogen (secondary N) is 1. The van der Waals surface area contributed by atoms with Gasteiger partial charge in [0.25, 0.3) is 0 Å². The standard InChI is InChI=1S/C14H21N3/c1-10(7-8-15)4-6-14-16-12-5-3-11(2)9-13(12)17-14/h3,5,9-10H,4,6-8,15H2,1-2H3,(H,16,17). The van der Waals surface area contributed by atoms with E-state index in [-0.39, 0.29) is 0 Å². The second-order valence-corrected chi connectivity index (χ2v) is 4.93. The number of aromatic nitrogens is 2. The van der Waals surface area contributed by atoms with E-state index in [0.29, 0.717) is 5.92 Å². The predicted octanol–water partition coefficient (Wildman–Crippen LogP) is 2.79. The summed E-state index contributed by atoms with van der Waals surface area (Å²) in [5, 5.41) is 0. The van der Waals surface area contributed by atoms with Gasteiger partial charge in [0.15, 0.2) is 0 Å². The fraction of sp³-hybridized carbons (Fsp3) is 0.500. The van der Waals surface area contributed by atoms with E-state index < -0.39 is 0 Å². The fourth-order valence-corrected chi connectivity index (χ4v) is 2.11. The van der Waals surface area contributed by atoms with Crippen LogP contribution in [0, 0.1) is 12.8 Å². The number of fused-ring (bicyclic) bond motifs is 1. The van der Waals surface area contributed by atoms with Crippen LogP contribution in [0.25, 0.3) is 11.0 Å². The molecule has 1 atom stereocenters. The fourth-order valence-electron chi connectivity index (χ4n) is 2.11. The summed E-state index contributed by atoms with van der Waals surface area (Å²) in [6.45, 7) is 5.13. The Morgan fingerprint density at radius 1 is 1.35 bits per heavy atom. The molecule has 17 heavy (non-hydrogen) atoms. The Hall–Kier alpha value is -1.35. The normalized spacial score (nSPS) is 13.1. The van der Waals surface area contributed by atoms with E-state index in [9.17, 15) is 0 Å². The molecule has 0 fully saturated rings. The Morgan fingerprint density at radius 3 is 2.94 bits per heavy atom. The first-order valence-electron chi connectivity index (χ1n) is 6.34. The highest BCUT2D eigenvalue weighted by atomic mass is 14.9. The van der Waals surface area contributed by atoms with Gasteiger partial charge in [0.1, 0.15) is 5.82 Å². The molecule has 1 aromatic carbocycles. The number of aromatic amines is 1. The number of benzene rings is 1. The van der Waals surface area contributed by atoms with Crippen LogP contribution in [-0.4, -0.2) is 16.5 Å². The van der Waals surface area contributed by atoms with Crippen LogP contribution < -0.4 is 5.73 Å². The second-order valence-electron chi connectivity index (χ2n) is 4.93. The first kappa shape index (κ1) is 12.1. The maximum absolute atomic E-state index is 5.55. The summed E-state index contributed by atoms with van der Waals surface area (Å²) in [5.74, 6) is 1.77. The van der Waals surface area contributed by atoms with E-state index in [1.165, 1.54) is 5.56 Å². The molecule has 0 aliphatic carbocycles. The van der Waals surface area contributed by atoms with Crippen LogP contribution in [0.1, 0.15) is 31.2 Å². The van der Waals surface area contributed by atoms with Gasteiger partial charge in [-0.1, -0.05) is 13.0 Å². The molecule has 92 valence electrons. The van der Waals surface area contributed by atoms with Crippen LogP contribution in [0.5, 0.6) is 0 Å². The smallest absolute Gasteiger partial charge is 0.107 e. The number of H-pyrrole nitrogens is 1. The number of hydrogen-bond donors (Lipinski definition) is 2. The number of nitrogens with two attached hydrogens (primary N) is 1. The van der Waals surface area contributed by atoms with Crippen LogP contribution in [0.2, 0.25) is 0 Å². The average molecular weight is 231 g/mol. The molecule has 2 aromatic rings. The van der Waals surface area contributed by atoms with Gasteiger partial charge in [-0.05, 0) is 49.9 Å². The zero-order valence-electron chi connectivity index (χ0n) is 10.7. The van der Waals surface area contributed by atoms with Crippen molar-refractivity contribution in [2.24, 2.45) is 11.7 Å². The van der Waals surface area contributed by atoms with Crippen LogP contribution in [-0.2, 0) is 6.42 Å². The lowest BCUT2D eigenvalue weighted by Crippen LogP contribution is -2.06. The Morgan fingerprint density at radius 2 is 2.18 bits per heavy atom. The van der Waals surface area contributed by atoms with E-state index in [0.717, 1.165) is 42.7 Å². The van der Waals surface area contributed by atoms with E-state index in [2.05, 4.69) is 42.0 Å². The van der Waals surface area contributed by atoms with E-state index in [1.807, 2.05) is 0 Å². The summed E-state index contributed by atoms with van der Waals surface area (Å²) < 4.78 is 0. The predicted molar refractivity (Wildman–Crippen MR) is 72.0 cm³/mol. The molecule has 0 aliphatic rings. The van der Waals surface area contributed by atoms with Crippen molar-refractivity contribution in [2.45, 2.75) is 33.1 Å². The van der Waals surface area contributed by atoms with Gasteiger partial charge in [-0.15, -0.1) is 0 Å². The van der Waals surface area contributed by atoms with Crippen molar-refractivity contribution >= 4 is 11.0 Å². The maximum atomic E-state index is 5.55. The lowest BCUT2D eigenvalue weighted by atomic mass is 10.0. The molecule has 0 saturated carbocycles. The first-order valence-corrected chi connectivity index (χ1v) is 6.34. The molecule has 0 bridgehead atoms. The molecule has 0 radical (unpaired) electrons. The third kappa shape index (κ3) is 3.07. The van der Waals surface area contributed by atoms with Crippen molar-refractivity contribution in [3.05, 3.63) is 29.6 Å². The molecule has 0 amide bonds. The van der Waals surface area contributed by atoms with Gasteiger partial charge in [0.2, 0.25) is 0 Å². The molecule has 1 aromatic heterocycles. The number of hydrogen-bond acceptors (Lipinski definition) is 2. The zero-order valence-corrected chi connectivity index (χ0v) is 10.7. The average Bonchev–Trinajstić information content (AvgIpc) is 2.68. The topological polar surface area (TPSA) is 54.7 Å². The SMILES string of the molecule is Cc1ccc2nc(CCC(C)CCN)[nH]c2c1. The van der Waals surface area contributed by atoms with Crippen molar-refractivity contribution in [1.29, 1.82) is 0 Å². The molecule has 3 nitrogen and oxygen atoms in total. The summed E-state index contributed by atoms with van der Waals surface area (Å²) in [6, 6.07) is 6.33. The molecule has 3 heteroatoms. The van der Waals surface area contributed by atoms with Gasteiger partial charge in [0, 0.05) is 6.42 Å². The Balaban J connectivity index is 2.04. The van der Waals surface area contributed by atoms with Crippen LogP contribution in [0.3, 0.4) is 0 Å². The highest BCUT2D eigenvalue weighted by Gasteiger charge is 2.05. The highest BCUT2D eigenvalue weighted by Crippen LogP contribution is 2.16. The van der Waals surface area contributed by atoms with Crippen molar-refractivity contribution in [3.63, 3.8) is 0 Å². The number of imidazole rings is 1. The van der Waals surface area contributed by atoms with Crippen molar-refractivity contribution in [2.75, 3.05) is 6.54 Å². The summed E-state index contributed by atoms with van der Waals surface area (Å²) >= 11 is 0. The second kappa shape index (κ2) is 5.32. The number of nitrogens with zero attached hydrogens (tertiary/aromatic N) is 1. The minimum atomic E-state index is 0.676. The summed E-state index contributed by atoms with van der Waals surface area (Å²) in [6.07, 6.45) is 3.25. The Bertz CT molecular complexity index is 487. The first-order chi connectivity index (χ1) is 8.19. The Kier molecular flexibility index (Phi) is 3.79. The molecule has 2 rings (SSSR count). The zero-order chi connectivity index (χ0) is 12.3. The lowest BCUT2D eigenvalue weighted by molar-refractivity contribution is 0.495.